The van der Waals surface area contributed by atoms with E-state index in [0.29, 0.717) is 0 Å². The fourth-order valence-corrected chi connectivity index (χ4v) is 10.3. The van der Waals surface area contributed by atoms with E-state index in [0.717, 1.165) is 65.6 Å². The van der Waals surface area contributed by atoms with Crippen LogP contribution in [0.4, 0.5) is 0 Å². The number of ether oxygens (including phenoxy) is 1. The summed E-state index contributed by atoms with van der Waals surface area (Å²) in [6.07, 6.45) is 9.51. The summed E-state index contributed by atoms with van der Waals surface area (Å²) in [6, 6.07) is 16.3. The lowest BCUT2D eigenvalue weighted by Crippen LogP contribution is -2.34. The van der Waals surface area contributed by atoms with Gasteiger partial charge in [-0.2, -0.15) is 0 Å². The summed E-state index contributed by atoms with van der Waals surface area (Å²) >= 11 is 0. The molecule has 6 aliphatic rings. The predicted molar refractivity (Wildman–Crippen MR) is 124 cm³/mol. The molecule has 158 valence electrons. The zero-order valence-corrected chi connectivity index (χ0v) is 18.6. The van der Waals surface area contributed by atoms with Crippen molar-refractivity contribution in [2.45, 2.75) is 38.5 Å². The van der Waals surface area contributed by atoms with Crippen LogP contribution in [0.2, 0.25) is 0 Å². The van der Waals surface area contributed by atoms with Gasteiger partial charge in [-0.15, -0.1) is 0 Å². The van der Waals surface area contributed by atoms with E-state index in [-0.39, 0.29) is 5.41 Å². The Balaban J connectivity index is 1.25. The number of benzene rings is 2. The molecule has 0 amide bonds. The van der Waals surface area contributed by atoms with E-state index < -0.39 is 0 Å². The SMILES string of the molecule is CCOc1ccc2c(c1)C1(CC3C(C1)C1CC3C3C4C=CC(C4C)C13)c1ccccc1-2. The molecule has 4 fully saturated rings. The Hall–Kier alpha value is -2.02. The second-order valence-electron chi connectivity index (χ2n) is 11.6. The molecule has 31 heavy (non-hydrogen) atoms. The molecule has 8 rings (SSSR count). The van der Waals surface area contributed by atoms with E-state index in [1.54, 1.807) is 11.1 Å². The summed E-state index contributed by atoms with van der Waals surface area (Å²) in [5.41, 5.74) is 6.38. The molecule has 0 N–H and O–H groups in total. The van der Waals surface area contributed by atoms with Crippen molar-refractivity contribution in [1.82, 2.24) is 0 Å². The highest BCUT2D eigenvalue weighted by Crippen LogP contribution is 2.76. The highest BCUT2D eigenvalue weighted by Gasteiger charge is 2.70. The average molecular weight is 409 g/mol. The van der Waals surface area contributed by atoms with Crippen molar-refractivity contribution in [3.8, 4) is 16.9 Å². The van der Waals surface area contributed by atoms with Gasteiger partial charge in [-0.25, -0.2) is 0 Å². The minimum Gasteiger partial charge on any atom is -0.494 e. The predicted octanol–water partition coefficient (Wildman–Crippen LogP) is 6.71. The van der Waals surface area contributed by atoms with E-state index >= 15 is 0 Å². The first-order chi connectivity index (χ1) is 15.2. The Kier molecular flexibility index (Phi) is 3.20. The molecule has 2 aromatic rings. The van der Waals surface area contributed by atoms with Crippen LogP contribution in [-0.4, -0.2) is 6.61 Å². The molecule has 8 unspecified atom stereocenters. The summed E-state index contributed by atoms with van der Waals surface area (Å²) < 4.78 is 5.98. The lowest BCUT2D eigenvalue weighted by atomic mass is 9.66. The Morgan fingerprint density at radius 1 is 0.839 bits per heavy atom. The molecule has 0 heterocycles. The van der Waals surface area contributed by atoms with E-state index in [4.69, 9.17) is 4.74 Å². The molecule has 0 aliphatic heterocycles. The van der Waals surface area contributed by atoms with Crippen LogP contribution in [0.15, 0.2) is 54.6 Å². The van der Waals surface area contributed by atoms with Crippen molar-refractivity contribution in [2.75, 3.05) is 6.61 Å². The van der Waals surface area contributed by atoms with Crippen LogP contribution < -0.4 is 4.74 Å². The lowest BCUT2D eigenvalue weighted by Gasteiger charge is -2.39. The van der Waals surface area contributed by atoms with E-state index in [1.165, 1.54) is 30.4 Å². The maximum absolute atomic E-state index is 5.98. The Bertz CT molecular complexity index is 1090. The van der Waals surface area contributed by atoms with Crippen molar-refractivity contribution in [3.05, 3.63) is 65.7 Å². The zero-order valence-electron chi connectivity index (χ0n) is 18.6. The van der Waals surface area contributed by atoms with Gasteiger partial charge in [0, 0.05) is 5.41 Å². The van der Waals surface area contributed by atoms with Crippen LogP contribution in [0.5, 0.6) is 5.75 Å². The van der Waals surface area contributed by atoms with Gasteiger partial charge in [-0.05, 0) is 114 Å². The molecular formula is C30H32O. The van der Waals surface area contributed by atoms with Crippen molar-refractivity contribution >= 4 is 0 Å². The maximum atomic E-state index is 5.98. The third-order valence-corrected chi connectivity index (χ3v) is 11.0. The van der Waals surface area contributed by atoms with Gasteiger partial charge in [-0.3, -0.25) is 0 Å². The van der Waals surface area contributed by atoms with Gasteiger partial charge in [0.15, 0.2) is 0 Å². The molecule has 0 aromatic heterocycles. The van der Waals surface area contributed by atoms with Crippen molar-refractivity contribution in [3.63, 3.8) is 0 Å². The van der Waals surface area contributed by atoms with Crippen LogP contribution in [-0.2, 0) is 5.41 Å². The highest BCUT2D eigenvalue weighted by atomic mass is 16.5. The normalized spacial score (nSPS) is 46.5. The summed E-state index contributed by atoms with van der Waals surface area (Å²) in [7, 11) is 0. The minimum atomic E-state index is 0.224. The van der Waals surface area contributed by atoms with Crippen molar-refractivity contribution < 1.29 is 4.74 Å². The number of hydrogen-bond acceptors (Lipinski definition) is 1. The van der Waals surface area contributed by atoms with Crippen LogP contribution >= 0.6 is 0 Å². The Morgan fingerprint density at radius 3 is 2.23 bits per heavy atom. The van der Waals surface area contributed by atoms with Crippen molar-refractivity contribution in [2.24, 2.45) is 53.3 Å². The third-order valence-electron chi connectivity index (χ3n) is 11.0. The van der Waals surface area contributed by atoms with E-state index in [1.807, 2.05) is 0 Å². The van der Waals surface area contributed by atoms with E-state index in [9.17, 15) is 0 Å². The quantitative estimate of drug-likeness (QED) is 0.396. The standard InChI is InChI=1S/C30H32O/c1-3-31-17-8-9-21-20-6-4-5-7-26(20)30(27(21)12-17)14-24-22-13-23(25(24)15-30)29-19-11-10-18(16(19)2)28(22)29/h4-12,16,18-19,22-25,28-29H,3,13-15H2,1-2H3. The van der Waals surface area contributed by atoms with Crippen LogP contribution in [0.25, 0.3) is 11.1 Å². The molecule has 6 aliphatic carbocycles. The summed E-state index contributed by atoms with van der Waals surface area (Å²) in [5.74, 6) is 9.55. The zero-order chi connectivity index (χ0) is 20.5. The molecule has 0 radical (unpaired) electrons. The smallest absolute Gasteiger partial charge is 0.119 e. The molecule has 4 saturated carbocycles. The lowest BCUT2D eigenvalue weighted by molar-refractivity contribution is 0.108. The van der Waals surface area contributed by atoms with Gasteiger partial charge >= 0.3 is 0 Å². The van der Waals surface area contributed by atoms with Crippen LogP contribution in [0.3, 0.4) is 0 Å². The average Bonchev–Trinajstić information content (AvgIpc) is 3.59. The van der Waals surface area contributed by atoms with Gasteiger partial charge < -0.3 is 4.74 Å². The summed E-state index contributed by atoms with van der Waals surface area (Å²) in [6.45, 7) is 5.38. The molecule has 4 bridgehead atoms. The fraction of sp³-hybridized carbons (Fsp3) is 0.533. The summed E-state index contributed by atoms with van der Waals surface area (Å²) in [4.78, 5) is 0. The second-order valence-corrected chi connectivity index (χ2v) is 11.6. The molecular weight excluding hydrogens is 376 g/mol. The van der Waals surface area contributed by atoms with Gasteiger partial charge in [0.1, 0.15) is 5.75 Å². The molecule has 8 atom stereocenters. The van der Waals surface area contributed by atoms with Gasteiger partial charge in [0.25, 0.3) is 0 Å². The molecule has 2 aromatic carbocycles. The maximum Gasteiger partial charge on any atom is 0.119 e. The van der Waals surface area contributed by atoms with Gasteiger partial charge in [0.05, 0.1) is 6.61 Å². The van der Waals surface area contributed by atoms with Crippen LogP contribution in [0, 0.1) is 53.3 Å². The molecule has 1 nitrogen and oxygen atoms in total. The van der Waals surface area contributed by atoms with Gasteiger partial charge in [-0.1, -0.05) is 49.4 Å². The number of fused-ring (bicyclic) bond motifs is 17. The monoisotopic (exact) mass is 408 g/mol. The highest BCUT2D eigenvalue weighted by molar-refractivity contribution is 5.82. The summed E-state index contributed by atoms with van der Waals surface area (Å²) in [5, 5.41) is 0. The minimum absolute atomic E-state index is 0.224. The third kappa shape index (κ3) is 1.89. The molecule has 1 heteroatoms. The fourth-order valence-electron chi connectivity index (χ4n) is 10.3. The number of rotatable bonds is 2. The first-order valence-electron chi connectivity index (χ1n) is 12.8. The molecule has 0 saturated heterocycles. The number of allylic oxidation sites excluding steroid dienone is 2. The van der Waals surface area contributed by atoms with E-state index in [2.05, 4.69) is 68.5 Å². The number of hydrogen-bond donors (Lipinski definition) is 0. The Morgan fingerprint density at radius 2 is 1.52 bits per heavy atom. The first-order valence-corrected chi connectivity index (χ1v) is 12.8. The first kappa shape index (κ1) is 17.5. The molecule has 1 spiro atoms. The Labute approximate surface area is 185 Å². The van der Waals surface area contributed by atoms with Gasteiger partial charge in [0.2, 0.25) is 0 Å². The largest absolute Gasteiger partial charge is 0.494 e. The van der Waals surface area contributed by atoms with Crippen LogP contribution in [0.1, 0.15) is 44.2 Å². The van der Waals surface area contributed by atoms with Crippen molar-refractivity contribution in [1.29, 1.82) is 0 Å². The second kappa shape index (κ2) is 5.66. The topological polar surface area (TPSA) is 9.23 Å².